The summed E-state index contributed by atoms with van der Waals surface area (Å²) in [5.41, 5.74) is 0. The molecule has 0 saturated carbocycles. The molecule has 1 unspecified atom stereocenters. The highest BCUT2D eigenvalue weighted by atomic mass is 15.2. The Labute approximate surface area is 102 Å². The summed E-state index contributed by atoms with van der Waals surface area (Å²) in [4.78, 5) is 2.66. The summed E-state index contributed by atoms with van der Waals surface area (Å²) >= 11 is 0. The van der Waals surface area contributed by atoms with E-state index >= 15 is 0 Å². The molecule has 1 rings (SSSR count). The lowest BCUT2D eigenvalue weighted by Crippen LogP contribution is -2.44. The fraction of sp³-hybridized carbons (Fsp3) is 1.00. The van der Waals surface area contributed by atoms with Gasteiger partial charge in [-0.1, -0.05) is 26.7 Å². The van der Waals surface area contributed by atoms with Gasteiger partial charge >= 0.3 is 0 Å². The van der Waals surface area contributed by atoms with Gasteiger partial charge in [-0.25, -0.2) is 0 Å². The molecule has 1 saturated heterocycles. The van der Waals surface area contributed by atoms with E-state index in [1.54, 1.807) is 0 Å². The summed E-state index contributed by atoms with van der Waals surface area (Å²) in [6.45, 7) is 11.9. The summed E-state index contributed by atoms with van der Waals surface area (Å²) in [5.74, 6) is 1.01. The van der Waals surface area contributed by atoms with Gasteiger partial charge in [-0.2, -0.15) is 0 Å². The Morgan fingerprint density at radius 3 is 2.44 bits per heavy atom. The average Bonchev–Trinajstić information content (AvgIpc) is 2.30. The Morgan fingerprint density at radius 2 is 1.88 bits per heavy atom. The highest BCUT2D eigenvalue weighted by Crippen LogP contribution is 2.22. The van der Waals surface area contributed by atoms with Gasteiger partial charge in [-0.3, -0.25) is 4.90 Å². The summed E-state index contributed by atoms with van der Waals surface area (Å²) in [5, 5.41) is 3.53. The third-order valence-electron chi connectivity index (χ3n) is 3.84. The van der Waals surface area contributed by atoms with Gasteiger partial charge in [0.05, 0.1) is 0 Å². The van der Waals surface area contributed by atoms with E-state index in [1.165, 1.54) is 45.2 Å². The molecule has 2 nitrogen and oxygen atoms in total. The first kappa shape index (κ1) is 14.0. The van der Waals surface area contributed by atoms with Crippen molar-refractivity contribution in [2.75, 3.05) is 26.2 Å². The van der Waals surface area contributed by atoms with Crippen LogP contribution in [0.3, 0.4) is 0 Å². The fourth-order valence-corrected chi connectivity index (χ4v) is 2.71. The minimum atomic E-state index is 0.717. The number of hydrogen-bond donors (Lipinski definition) is 1. The lowest BCUT2D eigenvalue weighted by Gasteiger charge is -2.36. The molecule has 0 radical (unpaired) electrons. The molecule has 0 aromatic heterocycles. The molecule has 1 aliphatic rings. The van der Waals surface area contributed by atoms with Gasteiger partial charge in [-0.15, -0.1) is 0 Å². The number of nitrogens with one attached hydrogen (secondary N) is 1. The molecule has 2 heteroatoms. The second-order valence-corrected chi connectivity index (χ2v) is 5.32. The lowest BCUT2D eigenvalue weighted by molar-refractivity contribution is 0.135. The molecule has 1 fully saturated rings. The molecule has 0 aromatic rings. The Bertz CT molecular complexity index is 162. The topological polar surface area (TPSA) is 15.3 Å². The van der Waals surface area contributed by atoms with Crippen molar-refractivity contribution < 1.29 is 0 Å². The van der Waals surface area contributed by atoms with Gasteiger partial charge in [0, 0.05) is 12.6 Å². The second kappa shape index (κ2) is 8.08. The molecule has 0 aliphatic carbocycles. The monoisotopic (exact) mass is 226 g/mol. The normalized spacial score (nSPS) is 21.2. The molecule has 0 spiro atoms. The van der Waals surface area contributed by atoms with E-state index in [-0.39, 0.29) is 0 Å². The maximum atomic E-state index is 3.53. The van der Waals surface area contributed by atoms with Crippen LogP contribution in [0.2, 0.25) is 0 Å². The largest absolute Gasteiger partial charge is 0.315 e. The molecule has 1 N–H and O–H groups in total. The molecule has 1 heterocycles. The average molecular weight is 226 g/mol. The smallest absolute Gasteiger partial charge is 0.0192 e. The van der Waals surface area contributed by atoms with Gasteiger partial charge in [0.15, 0.2) is 0 Å². The van der Waals surface area contributed by atoms with Crippen LogP contribution in [0.15, 0.2) is 0 Å². The van der Waals surface area contributed by atoms with Crippen molar-refractivity contribution in [2.24, 2.45) is 5.92 Å². The van der Waals surface area contributed by atoms with Crippen LogP contribution >= 0.6 is 0 Å². The van der Waals surface area contributed by atoms with Crippen molar-refractivity contribution >= 4 is 0 Å². The Hall–Kier alpha value is -0.0800. The van der Waals surface area contributed by atoms with Crippen LogP contribution in [-0.4, -0.2) is 37.1 Å². The number of likely N-dealkylation sites (tertiary alicyclic amines) is 1. The van der Waals surface area contributed by atoms with Crippen LogP contribution in [0.1, 0.15) is 52.9 Å². The standard InChI is InChI=1S/C14H30N2/c1-4-6-14-7-10-16(11-8-14)13(3)12-15-9-5-2/h13-15H,4-12H2,1-3H3. The first-order valence-corrected chi connectivity index (χ1v) is 7.22. The summed E-state index contributed by atoms with van der Waals surface area (Å²) in [6, 6.07) is 0.717. The third-order valence-corrected chi connectivity index (χ3v) is 3.84. The minimum Gasteiger partial charge on any atom is -0.315 e. The highest BCUT2D eigenvalue weighted by molar-refractivity contribution is 4.77. The van der Waals surface area contributed by atoms with Crippen LogP contribution in [-0.2, 0) is 0 Å². The zero-order chi connectivity index (χ0) is 11.8. The predicted octanol–water partition coefficient (Wildman–Crippen LogP) is 2.89. The van der Waals surface area contributed by atoms with Crippen molar-refractivity contribution in [2.45, 2.75) is 58.9 Å². The van der Waals surface area contributed by atoms with E-state index in [4.69, 9.17) is 0 Å². The molecule has 16 heavy (non-hydrogen) atoms. The van der Waals surface area contributed by atoms with E-state index in [9.17, 15) is 0 Å². The minimum absolute atomic E-state index is 0.717. The summed E-state index contributed by atoms with van der Waals surface area (Å²) in [7, 11) is 0. The van der Waals surface area contributed by atoms with Crippen molar-refractivity contribution in [1.82, 2.24) is 10.2 Å². The molecule has 96 valence electrons. The van der Waals surface area contributed by atoms with Crippen LogP contribution in [0, 0.1) is 5.92 Å². The van der Waals surface area contributed by atoms with Gasteiger partial charge in [0.2, 0.25) is 0 Å². The molecule has 1 aliphatic heterocycles. The van der Waals surface area contributed by atoms with Crippen LogP contribution in [0.25, 0.3) is 0 Å². The van der Waals surface area contributed by atoms with Crippen molar-refractivity contribution in [3.8, 4) is 0 Å². The predicted molar refractivity (Wildman–Crippen MR) is 71.8 cm³/mol. The molecular formula is C14H30N2. The number of hydrogen-bond acceptors (Lipinski definition) is 2. The van der Waals surface area contributed by atoms with Crippen molar-refractivity contribution in [3.63, 3.8) is 0 Å². The van der Waals surface area contributed by atoms with Gasteiger partial charge in [0.25, 0.3) is 0 Å². The summed E-state index contributed by atoms with van der Waals surface area (Å²) in [6.07, 6.45) is 6.89. The maximum absolute atomic E-state index is 3.53. The zero-order valence-corrected chi connectivity index (χ0v) is 11.5. The molecule has 0 amide bonds. The number of nitrogens with zero attached hydrogens (tertiary/aromatic N) is 1. The maximum Gasteiger partial charge on any atom is 0.0192 e. The SMILES string of the molecule is CCCNCC(C)N1CCC(CCC)CC1. The van der Waals surface area contributed by atoms with E-state index in [1.807, 2.05) is 0 Å². The van der Waals surface area contributed by atoms with Crippen LogP contribution < -0.4 is 5.32 Å². The first-order chi connectivity index (χ1) is 7.77. The van der Waals surface area contributed by atoms with E-state index in [0.29, 0.717) is 6.04 Å². The van der Waals surface area contributed by atoms with Crippen molar-refractivity contribution in [3.05, 3.63) is 0 Å². The molecular weight excluding hydrogens is 196 g/mol. The molecule has 0 bridgehead atoms. The van der Waals surface area contributed by atoms with Gasteiger partial charge in [-0.05, 0) is 51.7 Å². The molecule has 1 atom stereocenters. The highest BCUT2D eigenvalue weighted by Gasteiger charge is 2.21. The Kier molecular flexibility index (Phi) is 7.06. The van der Waals surface area contributed by atoms with E-state index in [0.717, 1.165) is 19.0 Å². The van der Waals surface area contributed by atoms with E-state index in [2.05, 4.69) is 31.0 Å². The van der Waals surface area contributed by atoms with Gasteiger partial charge in [0.1, 0.15) is 0 Å². The van der Waals surface area contributed by atoms with Crippen molar-refractivity contribution in [1.29, 1.82) is 0 Å². The number of piperidine rings is 1. The number of rotatable bonds is 7. The first-order valence-electron chi connectivity index (χ1n) is 7.22. The second-order valence-electron chi connectivity index (χ2n) is 5.32. The van der Waals surface area contributed by atoms with Gasteiger partial charge < -0.3 is 5.32 Å². The Balaban J connectivity index is 2.14. The third kappa shape index (κ3) is 4.84. The quantitative estimate of drug-likeness (QED) is 0.672. The zero-order valence-electron chi connectivity index (χ0n) is 11.5. The Morgan fingerprint density at radius 1 is 1.19 bits per heavy atom. The van der Waals surface area contributed by atoms with E-state index < -0.39 is 0 Å². The lowest BCUT2D eigenvalue weighted by atomic mass is 9.92. The molecule has 0 aromatic carbocycles. The summed E-state index contributed by atoms with van der Waals surface area (Å²) < 4.78 is 0. The van der Waals surface area contributed by atoms with Crippen LogP contribution in [0.5, 0.6) is 0 Å². The fourth-order valence-electron chi connectivity index (χ4n) is 2.71. The van der Waals surface area contributed by atoms with Crippen LogP contribution in [0.4, 0.5) is 0 Å².